The van der Waals surface area contributed by atoms with Crippen LogP contribution in [0.25, 0.3) is 0 Å². The van der Waals surface area contributed by atoms with Crippen molar-refractivity contribution < 1.29 is 23.6 Å². The molecule has 3 amide bonds. The van der Waals surface area contributed by atoms with E-state index in [0.717, 1.165) is 31.1 Å². The third-order valence-corrected chi connectivity index (χ3v) is 6.74. The zero-order valence-corrected chi connectivity index (χ0v) is 19.4. The number of methoxy groups -OCH3 is 1. The van der Waals surface area contributed by atoms with E-state index >= 15 is 0 Å². The number of guanidine groups is 1. The number of carbonyl (C=O) groups excluding carboxylic acids is 2. The minimum Gasteiger partial charge on any atom is -0.497 e. The van der Waals surface area contributed by atoms with Crippen LogP contribution >= 0.6 is 0 Å². The Morgan fingerprint density at radius 1 is 1.21 bits per heavy atom. The van der Waals surface area contributed by atoms with Crippen molar-refractivity contribution >= 4 is 29.4 Å². The molecular formula is C23H31N6O4+. The van der Waals surface area contributed by atoms with E-state index in [-0.39, 0.29) is 11.9 Å². The minimum atomic E-state index is -0.580. The number of fused-ring (bicyclic) bond motifs is 2. The number of hydrogen-bond acceptors (Lipinski definition) is 7. The van der Waals surface area contributed by atoms with Crippen LogP contribution in [-0.2, 0) is 9.53 Å². The second-order valence-electron chi connectivity index (χ2n) is 9.03. The molecule has 0 saturated carbocycles. The van der Waals surface area contributed by atoms with Gasteiger partial charge in [0.15, 0.2) is 0 Å². The molecule has 0 spiro atoms. The molecule has 2 fully saturated rings. The maximum Gasteiger partial charge on any atom is 0.397 e. The maximum atomic E-state index is 13.6. The van der Waals surface area contributed by atoms with Gasteiger partial charge in [-0.05, 0) is 12.1 Å². The molecule has 0 aromatic heterocycles. The van der Waals surface area contributed by atoms with E-state index in [0.29, 0.717) is 50.6 Å². The highest BCUT2D eigenvalue weighted by molar-refractivity contribution is 6.24. The first kappa shape index (κ1) is 21.8. The zero-order valence-electron chi connectivity index (χ0n) is 19.4. The van der Waals surface area contributed by atoms with Gasteiger partial charge in [-0.15, -0.1) is 0 Å². The third-order valence-electron chi connectivity index (χ3n) is 6.74. The Labute approximate surface area is 193 Å². The van der Waals surface area contributed by atoms with E-state index in [4.69, 9.17) is 14.5 Å². The Morgan fingerprint density at radius 3 is 2.76 bits per heavy atom. The van der Waals surface area contributed by atoms with Gasteiger partial charge in [0, 0.05) is 45.2 Å². The Morgan fingerprint density at radius 2 is 2.00 bits per heavy atom. The first-order chi connectivity index (χ1) is 16.0. The van der Waals surface area contributed by atoms with Gasteiger partial charge in [0.25, 0.3) is 5.91 Å². The molecule has 0 radical (unpaired) electrons. The molecule has 0 aliphatic carbocycles. The number of carbonyl (C=O) groups is 2. The summed E-state index contributed by atoms with van der Waals surface area (Å²) in [6.45, 7) is 7.67. The Kier molecular flexibility index (Phi) is 5.79. The number of ether oxygens (including phenoxy) is 2. The van der Waals surface area contributed by atoms with Crippen LogP contribution in [0, 0.1) is 5.92 Å². The molecule has 176 valence electrons. The van der Waals surface area contributed by atoms with Gasteiger partial charge in [-0.1, -0.05) is 18.0 Å². The minimum absolute atomic E-state index is 0.195. The summed E-state index contributed by atoms with van der Waals surface area (Å²) < 4.78 is 12.9. The fourth-order valence-electron chi connectivity index (χ4n) is 4.97. The number of aliphatic imine (C=N–C) groups is 1. The molecule has 10 heteroatoms. The number of morpholine rings is 1. The van der Waals surface area contributed by atoms with Crippen LogP contribution in [0.2, 0.25) is 0 Å². The molecule has 1 aromatic rings. The summed E-state index contributed by atoms with van der Waals surface area (Å²) in [5.74, 6) is 2.10. The van der Waals surface area contributed by atoms with Crippen LogP contribution in [0.5, 0.6) is 5.75 Å². The number of amides is 3. The summed E-state index contributed by atoms with van der Waals surface area (Å²) >= 11 is 0. The fraction of sp³-hybridized carbons (Fsp3) is 0.565. The van der Waals surface area contributed by atoms with E-state index in [1.54, 1.807) is 14.2 Å². The predicted octanol–water partition coefficient (Wildman–Crippen LogP) is 0.527. The number of nitrogens with zero attached hydrogens (tertiary/aromatic N) is 6. The Bertz CT molecular complexity index is 1020. The number of urea groups is 1. The lowest BCUT2D eigenvalue weighted by Crippen LogP contribution is -2.64. The second kappa shape index (κ2) is 8.75. The van der Waals surface area contributed by atoms with Crippen LogP contribution in [0.1, 0.15) is 6.92 Å². The van der Waals surface area contributed by atoms with E-state index in [1.807, 2.05) is 24.3 Å². The standard InChI is InChI=1S/C23H31N6O4/c1-16-14-28(17-5-4-6-18(13-17)32-3)22-24-20-19(29(22)15-16)21(30)27(23(31)25(20)2)8-7-26-9-11-33-12-10-26/h4-6,13,16,19H,7-12,14-15H2,1-3H3/q+1. The van der Waals surface area contributed by atoms with Crippen molar-refractivity contribution in [3.05, 3.63) is 24.3 Å². The van der Waals surface area contributed by atoms with Crippen molar-refractivity contribution in [2.45, 2.75) is 13.0 Å². The molecule has 10 nitrogen and oxygen atoms in total. The highest BCUT2D eigenvalue weighted by Gasteiger charge is 2.55. The fourth-order valence-corrected chi connectivity index (χ4v) is 4.97. The molecule has 0 N–H and O–H groups in total. The van der Waals surface area contributed by atoms with Gasteiger partial charge in [-0.2, -0.15) is 0 Å². The molecule has 2 unspecified atom stereocenters. The van der Waals surface area contributed by atoms with Gasteiger partial charge in [0.2, 0.25) is 11.9 Å². The Hall–Kier alpha value is -2.98. The molecule has 2 saturated heterocycles. The number of rotatable bonds is 5. The number of likely N-dealkylation sites (N-methyl/N-ethyl adjacent to an activating group) is 1. The summed E-state index contributed by atoms with van der Waals surface area (Å²) in [6.07, 6.45) is 0. The third kappa shape index (κ3) is 3.87. The summed E-state index contributed by atoms with van der Waals surface area (Å²) in [6, 6.07) is 6.94. The normalized spacial score (nSPS) is 25.9. The first-order valence-corrected chi connectivity index (χ1v) is 11.5. The van der Waals surface area contributed by atoms with Crippen molar-refractivity contribution in [2.24, 2.45) is 10.9 Å². The van der Waals surface area contributed by atoms with E-state index in [1.165, 1.54) is 9.80 Å². The highest BCUT2D eigenvalue weighted by Crippen LogP contribution is 2.29. The lowest BCUT2D eigenvalue weighted by molar-refractivity contribution is -0.545. The van der Waals surface area contributed by atoms with Crippen LogP contribution in [0.15, 0.2) is 29.3 Å². The SMILES string of the molecule is COc1cccc(N2CC(C)C[N+]3=C2N=C2C3C(=O)N(CCN3CCOCC3)C(=O)N2C)c1. The maximum absolute atomic E-state index is 13.6. The topological polar surface area (TPSA) is 80.9 Å². The molecule has 2 atom stereocenters. The van der Waals surface area contributed by atoms with Gasteiger partial charge in [0.05, 0.1) is 33.4 Å². The quantitative estimate of drug-likeness (QED) is 0.603. The molecular weight excluding hydrogens is 424 g/mol. The van der Waals surface area contributed by atoms with Crippen LogP contribution in [0.3, 0.4) is 0 Å². The van der Waals surface area contributed by atoms with Gasteiger partial charge in [-0.3, -0.25) is 19.5 Å². The molecule has 4 aliphatic rings. The van der Waals surface area contributed by atoms with Crippen LogP contribution in [-0.4, -0.2) is 116 Å². The average Bonchev–Trinajstić information content (AvgIpc) is 3.22. The van der Waals surface area contributed by atoms with Crippen LogP contribution < -0.4 is 9.64 Å². The molecule has 1 aromatic carbocycles. The van der Waals surface area contributed by atoms with E-state index < -0.39 is 6.04 Å². The second-order valence-corrected chi connectivity index (χ2v) is 9.03. The van der Waals surface area contributed by atoms with Crippen molar-refractivity contribution in [3.63, 3.8) is 0 Å². The molecule has 4 aliphatic heterocycles. The number of hydrogen-bond donors (Lipinski definition) is 0. The average molecular weight is 456 g/mol. The van der Waals surface area contributed by atoms with Crippen molar-refractivity contribution in [3.8, 4) is 5.75 Å². The van der Waals surface area contributed by atoms with Gasteiger partial charge in [-0.25, -0.2) is 14.3 Å². The lowest BCUT2D eigenvalue weighted by Gasteiger charge is -2.36. The Balaban J connectivity index is 1.44. The van der Waals surface area contributed by atoms with E-state index in [9.17, 15) is 9.59 Å². The highest BCUT2D eigenvalue weighted by atomic mass is 16.5. The summed E-state index contributed by atoms with van der Waals surface area (Å²) in [5.41, 5.74) is 0.953. The molecule has 0 bridgehead atoms. The van der Waals surface area contributed by atoms with Crippen molar-refractivity contribution in [2.75, 3.05) is 71.5 Å². The number of imide groups is 1. The van der Waals surface area contributed by atoms with Crippen molar-refractivity contribution in [1.29, 1.82) is 0 Å². The number of amidine groups is 1. The summed E-state index contributed by atoms with van der Waals surface area (Å²) in [5, 5.41) is 0. The zero-order chi connectivity index (χ0) is 23.1. The van der Waals surface area contributed by atoms with Gasteiger partial charge in [0.1, 0.15) is 11.4 Å². The van der Waals surface area contributed by atoms with Crippen LogP contribution in [0.4, 0.5) is 10.5 Å². The smallest absolute Gasteiger partial charge is 0.397 e. The molecule has 5 rings (SSSR count). The molecule has 4 heterocycles. The van der Waals surface area contributed by atoms with E-state index in [2.05, 4.69) is 21.3 Å². The monoisotopic (exact) mass is 455 g/mol. The first-order valence-electron chi connectivity index (χ1n) is 11.5. The van der Waals surface area contributed by atoms with Crippen molar-refractivity contribution in [1.82, 2.24) is 14.7 Å². The largest absolute Gasteiger partial charge is 0.497 e. The number of benzene rings is 1. The number of anilines is 1. The van der Waals surface area contributed by atoms with Gasteiger partial charge >= 0.3 is 12.0 Å². The molecule has 33 heavy (non-hydrogen) atoms. The van der Waals surface area contributed by atoms with Gasteiger partial charge < -0.3 is 9.47 Å². The lowest BCUT2D eigenvalue weighted by atomic mass is 10.1. The summed E-state index contributed by atoms with van der Waals surface area (Å²) in [4.78, 5) is 38.8. The summed E-state index contributed by atoms with van der Waals surface area (Å²) in [7, 11) is 3.35. The predicted molar refractivity (Wildman–Crippen MR) is 123 cm³/mol.